The Kier molecular flexibility index (Phi) is 6.58. The van der Waals surface area contributed by atoms with Gasteiger partial charge in [-0.15, -0.1) is 0 Å². The summed E-state index contributed by atoms with van der Waals surface area (Å²) in [6.45, 7) is 1.90. The molecule has 0 spiro atoms. The third-order valence-electron chi connectivity index (χ3n) is 4.21. The van der Waals surface area contributed by atoms with Crippen LogP contribution in [0.15, 0.2) is 78.9 Å². The Balaban J connectivity index is 1.70. The molecule has 148 valence electrons. The molecule has 0 radical (unpaired) electrons. The molecular formula is C23H21FN2O3. The van der Waals surface area contributed by atoms with Crippen molar-refractivity contribution < 1.29 is 18.7 Å². The zero-order chi connectivity index (χ0) is 20.6. The molecule has 0 saturated carbocycles. The summed E-state index contributed by atoms with van der Waals surface area (Å²) in [5.41, 5.74) is 0.830. The third kappa shape index (κ3) is 5.42. The average Bonchev–Trinajstić information content (AvgIpc) is 2.72. The van der Waals surface area contributed by atoms with E-state index in [1.54, 1.807) is 12.1 Å². The number of amides is 2. The van der Waals surface area contributed by atoms with Crippen molar-refractivity contribution in [2.24, 2.45) is 0 Å². The molecule has 0 aliphatic heterocycles. The number of hydrogen-bond donors (Lipinski definition) is 1. The summed E-state index contributed by atoms with van der Waals surface area (Å²) in [4.78, 5) is 26.0. The molecule has 0 aliphatic rings. The molecule has 0 fully saturated rings. The van der Waals surface area contributed by atoms with E-state index in [-0.39, 0.29) is 24.6 Å². The molecule has 0 heterocycles. The lowest BCUT2D eigenvalue weighted by Gasteiger charge is -2.24. The Morgan fingerprint density at radius 3 is 2.41 bits per heavy atom. The predicted octanol–water partition coefficient (Wildman–Crippen LogP) is 4.40. The largest absolute Gasteiger partial charge is 0.455 e. The smallest absolute Gasteiger partial charge is 0.251 e. The van der Waals surface area contributed by atoms with Gasteiger partial charge in [0.05, 0.1) is 5.69 Å². The van der Waals surface area contributed by atoms with Crippen LogP contribution in [0.5, 0.6) is 11.5 Å². The van der Waals surface area contributed by atoms with Crippen molar-refractivity contribution in [1.29, 1.82) is 0 Å². The van der Waals surface area contributed by atoms with Crippen molar-refractivity contribution in [3.05, 3.63) is 90.2 Å². The number of anilines is 1. The van der Waals surface area contributed by atoms with E-state index in [0.29, 0.717) is 17.2 Å². The summed E-state index contributed by atoms with van der Waals surface area (Å²) in [5, 5.41) is 2.71. The molecule has 3 aromatic carbocycles. The molecule has 0 bridgehead atoms. The van der Waals surface area contributed by atoms with E-state index in [9.17, 15) is 14.0 Å². The molecule has 0 aromatic heterocycles. The summed E-state index contributed by atoms with van der Waals surface area (Å²) >= 11 is 0. The Labute approximate surface area is 168 Å². The van der Waals surface area contributed by atoms with Crippen molar-refractivity contribution in [3.63, 3.8) is 0 Å². The van der Waals surface area contributed by atoms with Crippen LogP contribution < -0.4 is 15.0 Å². The molecular weight excluding hydrogens is 371 g/mol. The lowest BCUT2D eigenvalue weighted by molar-refractivity contribution is -0.116. The maximum absolute atomic E-state index is 13.3. The molecule has 3 aromatic rings. The number of benzene rings is 3. The minimum atomic E-state index is -0.477. The molecule has 0 unspecified atom stereocenters. The standard InChI is InChI=1S/C23H21FN2O3/c1-17(27)26(15-14-25-23(28)18-8-7-9-19(24)16-18)21-12-5-6-13-22(21)29-20-10-3-2-4-11-20/h2-13,16H,14-15H2,1H3,(H,25,28). The first kappa shape index (κ1) is 20.1. The molecule has 6 heteroatoms. The molecule has 2 amide bonds. The van der Waals surface area contributed by atoms with Crippen molar-refractivity contribution in [2.45, 2.75) is 6.92 Å². The molecule has 0 aliphatic carbocycles. The number of carbonyl (C=O) groups is 2. The Bertz CT molecular complexity index is 992. The molecule has 29 heavy (non-hydrogen) atoms. The van der Waals surface area contributed by atoms with Gasteiger partial charge in [-0.3, -0.25) is 9.59 Å². The zero-order valence-electron chi connectivity index (χ0n) is 16.0. The highest BCUT2D eigenvalue weighted by atomic mass is 19.1. The van der Waals surface area contributed by atoms with Crippen LogP contribution in [0.3, 0.4) is 0 Å². The van der Waals surface area contributed by atoms with Crippen molar-refractivity contribution in [1.82, 2.24) is 5.32 Å². The number of nitrogens with one attached hydrogen (secondary N) is 1. The highest BCUT2D eigenvalue weighted by molar-refractivity contribution is 5.95. The van der Waals surface area contributed by atoms with Crippen LogP contribution >= 0.6 is 0 Å². The van der Waals surface area contributed by atoms with Gasteiger partial charge in [-0.2, -0.15) is 0 Å². The fraction of sp³-hybridized carbons (Fsp3) is 0.130. The number of halogens is 1. The summed E-state index contributed by atoms with van der Waals surface area (Å²) in [5.74, 6) is 0.124. The van der Waals surface area contributed by atoms with Gasteiger partial charge < -0.3 is 15.0 Å². The van der Waals surface area contributed by atoms with Gasteiger partial charge in [0.25, 0.3) is 5.91 Å². The van der Waals surface area contributed by atoms with Gasteiger partial charge >= 0.3 is 0 Å². The molecule has 3 rings (SSSR count). The monoisotopic (exact) mass is 392 g/mol. The van der Waals surface area contributed by atoms with Crippen molar-refractivity contribution in [2.75, 3.05) is 18.0 Å². The number of rotatable bonds is 7. The van der Waals surface area contributed by atoms with Crippen molar-refractivity contribution in [3.8, 4) is 11.5 Å². The summed E-state index contributed by atoms with van der Waals surface area (Å²) in [6.07, 6.45) is 0. The van der Waals surface area contributed by atoms with Crippen LogP contribution in [0.1, 0.15) is 17.3 Å². The number of ether oxygens (including phenoxy) is 1. The van der Waals surface area contributed by atoms with Crippen LogP contribution in [0.2, 0.25) is 0 Å². The van der Waals surface area contributed by atoms with Crippen LogP contribution in [0.25, 0.3) is 0 Å². The fourth-order valence-corrected chi connectivity index (χ4v) is 2.84. The molecule has 1 N–H and O–H groups in total. The lowest BCUT2D eigenvalue weighted by Crippen LogP contribution is -2.37. The van der Waals surface area contributed by atoms with Crippen LogP contribution in [-0.4, -0.2) is 24.9 Å². The highest BCUT2D eigenvalue weighted by Gasteiger charge is 2.17. The average molecular weight is 392 g/mol. The third-order valence-corrected chi connectivity index (χ3v) is 4.21. The van der Waals surface area contributed by atoms with E-state index in [0.717, 1.165) is 0 Å². The normalized spacial score (nSPS) is 10.3. The number of para-hydroxylation sites is 3. The van der Waals surface area contributed by atoms with Gasteiger partial charge in [0, 0.05) is 25.6 Å². The number of hydrogen-bond acceptors (Lipinski definition) is 3. The van der Waals surface area contributed by atoms with Crippen LogP contribution in [0, 0.1) is 5.82 Å². The first-order chi connectivity index (χ1) is 14.0. The van der Waals surface area contributed by atoms with E-state index < -0.39 is 11.7 Å². The molecule has 0 saturated heterocycles. The summed E-state index contributed by atoms with van der Waals surface area (Å²) in [7, 11) is 0. The SMILES string of the molecule is CC(=O)N(CCNC(=O)c1cccc(F)c1)c1ccccc1Oc1ccccc1. The topological polar surface area (TPSA) is 58.6 Å². The van der Waals surface area contributed by atoms with Gasteiger partial charge in [0.2, 0.25) is 5.91 Å². The van der Waals surface area contributed by atoms with E-state index in [1.165, 1.54) is 36.1 Å². The second kappa shape index (κ2) is 9.50. The van der Waals surface area contributed by atoms with Crippen LogP contribution in [0.4, 0.5) is 10.1 Å². The fourth-order valence-electron chi connectivity index (χ4n) is 2.84. The minimum Gasteiger partial charge on any atom is -0.455 e. The van der Waals surface area contributed by atoms with Gasteiger partial charge in [-0.05, 0) is 42.5 Å². The van der Waals surface area contributed by atoms with Crippen LogP contribution in [-0.2, 0) is 4.79 Å². The maximum atomic E-state index is 13.3. The lowest BCUT2D eigenvalue weighted by atomic mass is 10.2. The quantitative estimate of drug-likeness (QED) is 0.648. The van der Waals surface area contributed by atoms with E-state index >= 15 is 0 Å². The zero-order valence-corrected chi connectivity index (χ0v) is 16.0. The summed E-state index contributed by atoms with van der Waals surface area (Å²) < 4.78 is 19.2. The highest BCUT2D eigenvalue weighted by Crippen LogP contribution is 2.32. The second-order valence-electron chi connectivity index (χ2n) is 6.32. The first-order valence-electron chi connectivity index (χ1n) is 9.18. The predicted molar refractivity (Wildman–Crippen MR) is 110 cm³/mol. The van der Waals surface area contributed by atoms with E-state index in [2.05, 4.69) is 5.32 Å². The van der Waals surface area contributed by atoms with Crippen molar-refractivity contribution >= 4 is 17.5 Å². The minimum absolute atomic E-state index is 0.186. The maximum Gasteiger partial charge on any atom is 0.251 e. The van der Waals surface area contributed by atoms with Gasteiger partial charge in [-0.1, -0.05) is 36.4 Å². The Hall–Kier alpha value is -3.67. The Morgan fingerprint density at radius 2 is 1.69 bits per heavy atom. The van der Waals surface area contributed by atoms with Gasteiger partial charge in [0.1, 0.15) is 11.6 Å². The Morgan fingerprint density at radius 1 is 0.966 bits per heavy atom. The van der Waals surface area contributed by atoms with Gasteiger partial charge in [-0.25, -0.2) is 4.39 Å². The number of nitrogens with zero attached hydrogens (tertiary/aromatic N) is 1. The molecule has 5 nitrogen and oxygen atoms in total. The second-order valence-corrected chi connectivity index (χ2v) is 6.32. The summed E-state index contributed by atoms with van der Waals surface area (Å²) in [6, 6.07) is 21.9. The van der Waals surface area contributed by atoms with E-state index in [1.807, 2.05) is 42.5 Å². The van der Waals surface area contributed by atoms with E-state index in [4.69, 9.17) is 4.74 Å². The van der Waals surface area contributed by atoms with Gasteiger partial charge in [0.15, 0.2) is 5.75 Å². The first-order valence-corrected chi connectivity index (χ1v) is 9.18. The number of carbonyl (C=O) groups excluding carboxylic acids is 2. The molecule has 0 atom stereocenters.